The summed E-state index contributed by atoms with van der Waals surface area (Å²) >= 11 is 0. The molecule has 34 heavy (non-hydrogen) atoms. The Balaban J connectivity index is 1.52. The predicted octanol–water partition coefficient (Wildman–Crippen LogP) is 5.60. The monoisotopic (exact) mass is 458 g/mol. The standard InChI is InChI=1S/C27H30N4O3/c1-16-11-12-24(18(3)13-16)33-15-23-21(6)34-30-26(23)27(32)28-25-19(4)29-31(20(25)5)14-22-10-8-7-9-17(22)2/h7-13H,14-15H2,1-6H3,(H,28,32). The van der Waals surface area contributed by atoms with Crippen LogP contribution in [0, 0.1) is 41.5 Å². The molecule has 4 rings (SSSR count). The molecule has 4 aromatic rings. The van der Waals surface area contributed by atoms with Gasteiger partial charge in [-0.3, -0.25) is 9.48 Å². The molecular weight excluding hydrogens is 428 g/mol. The number of hydrogen-bond acceptors (Lipinski definition) is 5. The van der Waals surface area contributed by atoms with Crippen molar-refractivity contribution >= 4 is 11.6 Å². The highest BCUT2D eigenvalue weighted by Gasteiger charge is 2.23. The fourth-order valence-electron chi connectivity index (χ4n) is 4.00. The number of carbonyl (C=O) groups excluding carboxylic acids is 1. The Morgan fingerprint density at radius 3 is 2.53 bits per heavy atom. The Labute approximate surface area is 199 Å². The molecule has 0 aliphatic heterocycles. The molecule has 0 aliphatic rings. The summed E-state index contributed by atoms with van der Waals surface area (Å²) in [7, 11) is 0. The van der Waals surface area contributed by atoms with Gasteiger partial charge in [-0.15, -0.1) is 0 Å². The van der Waals surface area contributed by atoms with Crippen LogP contribution in [0.2, 0.25) is 0 Å². The Hall–Kier alpha value is -3.87. The van der Waals surface area contributed by atoms with Crippen molar-refractivity contribution < 1.29 is 14.1 Å². The van der Waals surface area contributed by atoms with Crippen LogP contribution in [0.15, 0.2) is 47.0 Å². The number of nitrogens with one attached hydrogen (secondary N) is 1. The normalized spacial score (nSPS) is 11.0. The van der Waals surface area contributed by atoms with Crippen molar-refractivity contribution in [1.29, 1.82) is 0 Å². The van der Waals surface area contributed by atoms with Gasteiger partial charge in [0.2, 0.25) is 0 Å². The molecule has 0 unspecified atom stereocenters. The summed E-state index contributed by atoms with van der Waals surface area (Å²) in [5, 5.41) is 11.6. The number of carbonyl (C=O) groups is 1. The summed E-state index contributed by atoms with van der Waals surface area (Å²) in [4.78, 5) is 13.2. The Morgan fingerprint density at radius 1 is 1.03 bits per heavy atom. The van der Waals surface area contributed by atoms with Crippen LogP contribution in [0.25, 0.3) is 0 Å². The van der Waals surface area contributed by atoms with E-state index in [1.54, 1.807) is 6.92 Å². The smallest absolute Gasteiger partial charge is 0.278 e. The zero-order chi connectivity index (χ0) is 24.4. The molecule has 0 atom stereocenters. The lowest BCUT2D eigenvalue weighted by atomic mass is 10.1. The maximum absolute atomic E-state index is 13.2. The van der Waals surface area contributed by atoms with E-state index in [4.69, 9.17) is 9.26 Å². The van der Waals surface area contributed by atoms with Gasteiger partial charge in [0.1, 0.15) is 18.1 Å². The lowest BCUT2D eigenvalue weighted by Crippen LogP contribution is -2.16. The van der Waals surface area contributed by atoms with Crippen molar-refractivity contribution in [3.8, 4) is 5.75 Å². The van der Waals surface area contributed by atoms with Crippen molar-refractivity contribution in [3.05, 3.63) is 93.1 Å². The van der Waals surface area contributed by atoms with Crippen molar-refractivity contribution in [2.45, 2.75) is 54.7 Å². The Kier molecular flexibility index (Phi) is 6.54. The fraction of sp³-hybridized carbons (Fsp3) is 0.296. The maximum Gasteiger partial charge on any atom is 0.278 e. The van der Waals surface area contributed by atoms with Gasteiger partial charge < -0.3 is 14.6 Å². The van der Waals surface area contributed by atoms with E-state index in [1.165, 1.54) is 16.7 Å². The van der Waals surface area contributed by atoms with Crippen molar-refractivity contribution in [2.24, 2.45) is 0 Å². The predicted molar refractivity (Wildman–Crippen MR) is 131 cm³/mol. The maximum atomic E-state index is 13.2. The third-order valence-electron chi connectivity index (χ3n) is 6.10. The van der Waals surface area contributed by atoms with Gasteiger partial charge >= 0.3 is 0 Å². The van der Waals surface area contributed by atoms with Gasteiger partial charge in [-0.25, -0.2) is 0 Å². The molecule has 2 aromatic heterocycles. The summed E-state index contributed by atoms with van der Waals surface area (Å²) in [6, 6.07) is 14.2. The molecule has 1 amide bonds. The number of benzene rings is 2. The molecule has 0 fully saturated rings. The molecule has 2 aromatic carbocycles. The fourth-order valence-corrected chi connectivity index (χ4v) is 4.00. The molecule has 0 saturated carbocycles. The molecule has 7 heteroatoms. The molecule has 176 valence electrons. The minimum Gasteiger partial charge on any atom is -0.488 e. The lowest BCUT2D eigenvalue weighted by Gasteiger charge is -2.11. The molecule has 0 radical (unpaired) electrons. The first-order valence-electron chi connectivity index (χ1n) is 11.3. The van der Waals surface area contributed by atoms with Gasteiger partial charge in [-0.05, 0) is 64.3 Å². The van der Waals surface area contributed by atoms with Crippen LogP contribution >= 0.6 is 0 Å². The van der Waals surface area contributed by atoms with Gasteiger partial charge in [-0.1, -0.05) is 47.1 Å². The number of ether oxygens (including phenoxy) is 1. The van der Waals surface area contributed by atoms with Crippen LogP contribution in [-0.2, 0) is 13.2 Å². The molecule has 0 spiro atoms. The van der Waals surface area contributed by atoms with Gasteiger partial charge in [0, 0.05) is 0 Å². The highest BCUT2D eigenvalue weighted by molar-refractivity contribution is 6.04. The molecule has 0 saturated heterocycles. The third-order valence-corrected chi connectivity index (χ3v) is 6.10. The number of nitrogens with zero attached hydrogens (tertiary/aromatic N) is 3. The molecule has 7 nitrogen and oxygen atoms in total. The van der Waals surface area contributed by atoms with E-state index in [0.29, 0.717) is 23.6 Å². The highest BCUT2D eigenvalue weighted by Crippen LogP contribution is 2.25. The van der Waals surface area contributed by atoms with Gasteiger partial charge in [-0.2, -0.15) is 5.10 Å². The lowest BCUT2D eigenvalue weighted by molar-refractivity contribution is 0.101. The van der Waals surface area contributed by atoms with Gasteiger partial charge in [0.15, 0.2) is 5.69 Å². The summed E-state index contributed by atoms with van der Waals surface area (Å²) in [5.41, 5.74) is 7.73. The molecule has 0 bridgehead atoms. The Bertz CT molecular complexity index is 1350. The van der Waals surface area contributed by atoms with Gasteiger partial charge in [0.05, 0.1) is 29.2 Å². The van der Waals surface area contributed by atoms with Crippen LogP contribution in [0.1, 0.15) is 55.5 Å². The van der Waals surface area contributed by atoms with E-state index in [0.717, 1.165) is 22.7 Å². The zero-order valence-electron chi connectivity index (χ0n) is 20.5. The Morgan fingerprint density at radius 2 is 1.79 bits per heavy atom. The number of rotatable bonds is 7. The van der Waals surface area contributed by atoms with Crippen LogP contribution < -0.4 is 10.1 Å². The summed E-state index contributed by atoms with van der Waals surface area (Å²) in [6.07, 6.45) is 0. The zero-order valence-corrected chi connectivity index (χ0v) is 20.5. The van der Waals surface area contributed by atoms with Gasteiger partial charge in [0.25, 0.3) is 5.91 Å². The van der Waals surface area contributed by atoms with Crippen LogP contribution in [0.3, 0.4) is 0 Å². The van der Waals surface area contributed by atoms with Crippen molar-refractivity contribution in [1.82, 2.24) is 14.9 Å². The third kappa shape index (κ3) is 4.73. The second-order valence-electron chi connectivity index (χ2n) is 8.71. The summed E-state index contributed by atoms with van der Waals surface area (Å²) in [5.74, 6) is 0.970. The topological polar surface area (TPSA) is 82.2 Å². The van der Waals surface area contributed by atoms with Crippen molar-refractivity contribution in [2.75, 3.05) is 5.32 Å². The van der Waals surface area contributed by atoms with Crippen LogP contribution in [-0.4, -0.2) is 20.8 Å². The number of hydrogen-bond donors (Lipinski definition) is 1. The van der Waals surface area contributed by atoms with Crippen molar-refractivity contribution in [3.63, 3.8) is 0 Å². The van der Waals surface area contributed by atoms with Crippen LogP contribution in [0.5, 0.6) is 5.75 Å². The first kappa shape index (κ1) is 23.3. The van der Waals surface area contributed by atoms with E-state index >= 15 is 0 Å². The first-order chi connectivity index (χ1) is 16.2. The largest absolute Gasteiger partial charge is 0.488 e. The van der Waals surface area contributed by atoms with E-state index < -0.39 is 0 Å². The van der Waals surface area contributed by atoms with Crippen LogP contribution in [0.4, 0.5) is 5.69 Å². The second-order valence-corrected chi connectivity index (χ2v) is 8.71. The molecule has 0 aliphatic carbocycles. The minimum absolute atomic E-state index is 0.187. The van der Waals surface area contributed by atoms with E-state index in [9.17, 15) is 4.79 Å². The summed E-state index contributed by atoms with van der Waals surface area (Å²) < 4.78 is 13.2. The highest BCUT2D eigenvalue weighted by atomic mass is 16.5. The number of amides is 1. The number of aromatic nitrogens is 3. The van der Waals surface area contributed by atoms with E-state index in [1.807, 2.05) is 56.6 Å². The molecule has 1 N–H and O–H groups in total. The average molecular weight is 459 g/mol. The minimum atomic E-state index is -0.349. The number of aryl methyl sites for hydroxylation is 5. The summed E-state index contributed by atoms with van der Waals surface area (Å²) in [6.45, 7) is 12.5. The first-order valence-corrected chi connectivity index (χ1v) is 11.3. The molecule has 2 heterocycles. The number of anilines is 1. The quantitative estimate of drug-likeness (QED) is 0.390. The average Bonchev–Trinajstić information content (AvgIpc) is 3.29. The van der Waals surface area contributed by atoms with E-state index in [2.05, 4.69) is 40.7 Å². The SMILES string of the molecule is Cc1ccc(OCc2c(C(=O)Nc3c(C)nn(Cc4ccccc4C)c3C)noc2C)c(C)c1. The van der Waals surface area contributed by atoms with E-state index in [-0.39, 0.29) is 18.2 Å². The second kappa shape index (κ2) is 9.55. The molecular formula is C27H30N4O3.